The molecule has 0 saturated carbocycles. The molecule has 1 heterocycles. The zero-order valence-electron chi connectivity index (χ0n) is 15.0. The minimum Gasteiger partial charge on any atom is -0.494 e. The molecular formula is C21H26N2O2. The molecule has 1 fully saturated rings. The van der Waals surface area contributed by atoms with Gasteiger partial charge in [0, 0.05) is 11.7 Å². The Labute approximate surface area is 149 Å². The van der Waals surface area contributed by atoms with Crippen molar-refractivity contribution in [1.29, 1.82) is 0 Å². The van der Waals surface area contributed by atoms with E-state index >= 15 is 0 Å². The molecule has 0 radical (unpaired) electrons. The van der Waals surface area contributed by atoms with Crippen molar-refractivity contribution in [2.24, 2.45) is 0 Å². The Bertz CT molecular complexity index is 712. The predicted molar refractivity (Wildman–Crippen MR) is 101 cm³/mol. The van der Waals surface area contributed by atoms with Crippen molar-refractivity contribution in [3.63, 3.8) is 0 Å². The largest absolute Gasteiger partial charge is 0.494 e. The fraction of sp³-hybridized carbons (Fsp3) is 0.381. The Kier molecular flexibility index (Phi) is 5.71. The molecule has 25 heavy (non-hydrogen) atoms. The molecule has 1 aliphatic rings. The third kappa shape index (κ3) is 4.40. The SMILES string of the molecule is CCOc1ccc(C2CCCN2CC(=O)Nc2ccccc2C)cc1. The van der Waals surface area contributed by atoms with Crippen LogP contribution in [0.4, 0.5) is 5.69 Å². The van der Waals surface area contributed by atoms with Crippen molar-refractivity contribution in [3.8, 4) is 5.75 Å². The van der Waals surface area contributed by atoms with Gasteiger partial charge in [-0.1, -0.05) is 30.3 Å². The first-order chi connectivity index (χ1) is 12.2. The van der Waals surface area contributed by atoms with E-state index in [1.807, 2.05) is 50.2 Å². The van der Waals surface area contributed by atoms with Crippen LogP contribution >= 0.6 is 0 Å². The van der Waals surface area contributed by atoms with E-state index in [2.05, 4.69) is 22.3 Å². The number of para-hydroxylation sites is 1. The van der Waals surface area contributed by atoms with Gasteiger partial charge in [0.05, 0.1) is 13.2 Å². The van der Waals surface area contributed by atoms with Crippen LogP contribution in [0.1, 0.15) is 36.9 Å². The van der Waals surface area contributed by atoms with E-state index in [1.54, 1.807) is 0 Å². The monoisotopic (exact) mass is 338 g/mol. The molecule has 1 aliphatic heterocycles. The highest BCUT2D eigenvalue weighted by Gasteiger charge is 2.27. The average Bonchev–Trinajstić information content (AvgIpc) is 3.06. The quantitative estimate of drug-likeness (QED) is 0.859. The molecule has 0 aliphatic carbocycles. The normalized spacial score (nSPS) is 17.4. The van der Waals surface area contributed by atoms with Crippen molar-refractivity contribution in [3.05, 3.63) is 59.7 Å². The Morgan fingerprint density at radius 3 is 2.68 bits per heavy atom. The maximum atomic E-state index is 12.5. The van der Waals surface area contributed by atoms with Crippen LogP contribution in [0, 0.1) is 6.92 Å². The Morgan fingerprint density at radius 1 is 1.20 bits per heavy atom. The fourth-order valence-corrected chi connectivity index (χ4v) is 3.43. The van der Waals surface area contributed by atoms with Gasteiger partial charge in [-0.25, -0.2) is 0 Å². The average molecular weight is 338 g/mol. The van der Waals surface area contributed by atoms with Gasteiger partial charge in [0.25, 0.3) is 0 Å². The van der Waals surface area contributed by atoms with E-state index < -0.39 is 0 Å². The fourth-order valence-electron chi connectivity index (χ4n) is 3.43. The number of carbonyl (C=O) groups is 1. The van der Waals surface area contributed by atoms with Gasteiger partial charge in [0.2, 0.25) is 5.91 Å². The molecule has 1 N–H and O–H groups in total. The molecule has 1 saturated heterocycles. The van der Waals surface area contributed by atoms with E-state index in [4.69, 9.17) is 4.74 Å². The highest BCUT2D eigenvalue weighted by molar-refractivity contribution is 5.93. The topological polar surface area (TPSA) is 41.6 Å². The van der Waals surface area contributed by atoms with Gasteiger partial charge in [-0.05, 0) is 62.6 Å². The van der Waals surface area contributed by atoms with Crippen LogP contribution < -0.4 is 10.1 Å². The summed E-state index contributed by atoms with van der Waals surface area (Å²) in [6.45, 7) is 6.05. The summed E-state index contributed by atoms with van der Waals surface area (Å²) >= 11 is 0. The molecule has 4 nitrogen and oxygen atoms in total. The number of ether oxygens (including phenoxy) is 1. The lowest BCUT2D eigenvalue weighted by Crippen LogP contribution is -2.33. The summed E-state index contributed by atoms with van der Waals surface area (Å²) in [5.74, 6) is 0.945. The second-order valence-corrected chi connectivity index (χ2v) is 6.49. The second kappa shape index (κ2) is 8.17. The molecule has 1 amide bonds. The van der Waals surface area contributed by atoms with Crippen molar-refractivity contribution in [2.45, 2.75) is 32.7 Å². The molecule has 0 aromatic heterocycles. The van der Waals surface area contributed by atoms with Gasteiger partial charge in [0.1, 0.15) is 5.75 Å². The summed E-state index contributed by atoms with van der Waals surface area (Å²) in [7, 11) is 0. The number of hydrogen-bond acceptors (Lipinski definition) is 3. The Hall–Kier alpha value is -2.33. The first kappa shape index (κ1) is 17.5. The van der Waals surface area contributed by atoms with E-state index in [9.17, 15) is 4.79 Å². The number of likely N-dealkylation sites (tertiary alicyclic amines) is 1. The van der Waals surface area contributed by atoms with Gasteiger partial charge in [-0.15, -0.1) is 0 Å². The third-order valence-electron chi connectivity index (χ3n) is 4.71. The summed E-state index contributed by atoms with van der Waals surface area (Å²) in [6.07, 6.45) is 2.21. The minimum absolute atomic E-state index is 0.0483. The first-order valence-corrected chi connectivity index (χ1v) is 8.99. The second-order valence-electron chi connectivity index (χ2n) is 6.49. The van der Waals surface area contributed by atoms with Gasteiger partial charge in [0.15, 0.2) is 0 Å². The molecule has 1 atom stereocenters. The van der Waals surface area contributed by atoms with E-state index in [-0.39, 0.29) is 5.91 Å². The van der Waals surface area contributed by atoms with E-state index in [1.165, 1.54) is 5.56 Å². The van der Waals surface area contributed by atoms with Crippen LogP contribution in [-0.2, 0) is 4.79 Å². The zero-order valence-corrected chi connectivity index (χ0v) is 15.0. The lowest BCUT2D eigenvalue weighted by atomic mass is 10.0. The summed E-state index contributed by atoms with van der Waals surface area (Å²) in [4.78, 5) is 14.7. The van der Waals surface area contributed by atoms with Gasteiger partial charge >= 0.3 is 0 Å². The maximum absolute atomic E-state index is 12.5. The molecule has 4 heteroatoms. The number of benzene rings is 2. The lowest BCUT2D eigenvalue weighted by molar-refractivity contribution is -0.117. The molecule has 2 aromatic rings. The summed E-state index contributed by atoms with van der Waals surface area (Å²) < 4.78 is 5.51. The number of hydrogen-bond donors (Lipinski definition) is 1. The number of nitrogens with zero attached hydrogens (tertiary/aromatic N) is 1. The Morgan fingerprint density at radius 2 is 1.96 bits per heavy atom. The van der Waals surface area contributed by atoms with Crippen LogP contribution in [-0.4, -0.2) is 30.5 Å². The molecule has 0 spiro atoms. The van der Waals surface area contributed by atoms with Crippen LogP contribution in [0.15, 0.2) is 48.5 Å². The standard InChI is InChI=1S/C21H26N2O2/c1-3-25-18-12-10-17(11-13-18)20-9-6-14-23(20)15-21(24)22-19-8-5-4-7-16(19)2/h4-5,7-8,10-13,20H,3,6,9,14-15H2,1-2H3,(H,22,24). The zero-order chi connectivity index (χ0) is 17.6. The summed E-state index contributed by atoms with van der Waals surface area (Å²) in [5.41, 5.74) is 3.23. The van der Waals surface area contributed by atoms with Crippen molar-refractivity contribution >= 4 is 11.6 Å². The van der Waals surface area contributed by atoms with Gasteiger partial charge < -0.3 is 10.1 Å². The smallest absolute Gasteiger partial charge is 0.238 e. The van der Waals surface area contributed by atoms with Crippen LogP contribution in [0.3, 0.4) is 0 Å². The van der Waals surface area contributed by atoms with Crippen LogP contribution in [0.25, 0.3) is 0 Å². The van der Waals surface area contributed by atoms with Crippen LogP contribution in [0.2, 0.25) is 0 Å². The third-order valence-corrected chi connectivity index (χ3v) is 4.71. The first-order valence-electron chi connectivity index (χ1n) is 8.99. The molecule has 0 bridgehead atoms. The molecule has 1 unspecified atom stereocenters. The molecule has 132 valence electrons. The Balaban J connectivity index is 1.63. The number of nitrogens with one attached hydrogen (secondary N) is 1. The summed E-state index contributed by atoms with van der Waals surface area (Å²) in [6, 6.07) is 16.5. The molecular weight excluding hydrogens is 312 g/mol. The number of rotatable bonds is 6. The van der Waals surface area contributed by atoms with Crippen LogP contribution in [0.5, 0.6) is 5.75 Å². The highest BCUT2D eigenvalue weighted by atomic mass is 16.5. The predicted octanol–water partition coefficient (Wildman–Crippen LogP) is 4.17. The van der Waals surface area contributed by atoms with E-state index in [0.29, 0.717) is 19.2 Å². The molecule has 2 aromatic carbocycles. The number of amides is 1. The number of anilines is 1. The van der Waals surface area contributed by atoms with Crippen molar-refractivity contribution in [1.82, 2.24) is 4.90 Å². The highest BCUT2D eigenvalue weighted by Crippen LogP contribution is 2.32. The number of carbonyl (C=O) groups excluding carboxylic acids is 1. The molecule has 3 rings (SSSR count). The summed E-state index contributed by atoms with van der Waals surface area (Å²) in [5, 5.41) is 3.03. The number of aryl methyl sites for hydroxylation is 1. The maximum Gasteiger partial charge on any atom is 0.238 e. The van der Waals surface area contributed by atoms with Crippen molar-refractivity contribution < 1.29 is 9.53 Å². The van der Waals surface area contributed by atoms with Gasteiger partial charge in [-0.2, -0.15) is 0 Å². The minimum atomic E-state index is 0.0483. The van der Waals surface area contributed by atoms with E-state index in [0.717, 1.165) is 36.4 Å². The van der Waals surface area contributed by atoms with Gasteiger partial charge in [-0.3, -0.25) is 9.69 Å². The lowest BCUT2D eigenvalue weighted by Gasteiger charge is -2.24. The van der Waals surface area contributed by atoms with Crippen molar-refractivity contribution in [2.75, 3.05) is 25.0 Å².